The van der Waals surface area contributed by atoms with Gasteiger partial charge in [0, 0.05) is 35.1 Å². The molecule has 5 rings (SSSR count). The molecule has 240 valence electrons. The van der Waals surface area contributed by atoms with Gasteiger partial charge in [0.1, 0.15) is 11.6 Å². The molecular formula is C29H28F4N4O7S. The lowest BCUT2D eigenvalue weighted by Gasteiger charge is -2.31. The first-order valence-corrected chi connectivity index (χ1v) is 15.3. The summed E-state index contributed by atoms with van der Waals surface area (Å²) in [4.78, 5) is 36.9. The molecular weight excluding hydrogens is 624 g/mol. The van der Waals surface area contributed by atoms with E-state index in [4.69, 9.17) is 9.84 Å². The molecule has 2 bridgehead atoms. The Balaban J connectivity index is 1.37. The second kappa shape index (κ2) is 12.1. The predicted molar refractivity (Wildman–Crippen MR) is 150 cm³/mol. The Morgan fingerprint density at radius 3 is 2.56 bits per heavy atom. The van der Waals surface area contributed by atoms with E-state index < -0.39 is 55.8 Å². The fraction of sp³-hybridized carbons (Fsp3) is 0.379. The van der Waals surface area contributed by atoms with Gasteiger partial charge in [-0.1, -0.05) is 6.07 Å². The number of nitrogens with one attached hydrogen (secondary N) is 2. The molecule has 2 aliphatic carbocycles. The Bertz CT molecular complexity index is 1760. The van der Waals surface area contributed by atoms with Crippen molar-refractivity contribution in [2.75, 3.05) is 12.4 Å². The first kappa shape index (κ1) is 31.9. The SMILES string of the molecule is COc1cc(F)c(-c2cnn(CCC(=O)O)c2)cc1C(=O)NC1C2CCC(C2)C1C(=O)Nc1cccc(S(=O)(=O)C(F)(F)F)c1. The normalized spacial score (nSPS) is 21.0. The number of sulfone groups is 1. The lowest BCUT2D eigenvalue weighted by molar-refractivity contribution is -0.137. The van der Waals surface area contributed by atoms with E-state index in [0.29, 0.717) is 18.4 Å². The van der Waals surface area contributed by atoms with Crippen molar-refractivity contribution in [1.82, 2.24) is 15.1 Å². The van der Waals surface area contributed by atoms with Crippen LogP contribution in [0.4, 0.5) is 23.2 Å². The van der Waals surface area contributed by atoms with Crippen molar-refractivity contribution in [1.29, 1.82) is 0 Å². The molecule has 1 aromatic heterocycles. The van der Waals surface area contributed by atoms with Crippen LogP contribution in [0.25, 0.3) is 11.1 Å². The number of halogens is 4. The molecule has 11 nitrogen and oxygen atoms in total. The zero-order chi connectivity index (χ0) is 32.7. The maximum atomic E-state index is 15.1. The fourth-order valence-corrected chi connectivity index (χ4v) is 6.97. The zero-order valence-corrected chi connectivity index (χ0v) is 24.5. The number of benzene rings is 2. The van der Waals surface area contributed by atoms with Gasteiger partial charge >= 0.3 is 11.5 Å². The Labute approximate surface area is 254 Å². The standard InChI is InChI=1S/C29H28F4N4O7S/c1-44-23-12-22(30)20(17-13-34-37(14-17)8-7-24(38)39)11-21(23)27(40)36-26-16-6-5-15(9-16)25(26)28(41)35-18-3-2-4-19(10-18)45(42,43)29(31,32)33/h2-4,10-16,25-26H,5-9H2,1H3,(H,35,41)(H,36,40)(H,38,39). The summed E-state index contributed by atoms with van der Waals surface area (Å²) in [7, 11) is -4.37. The Morgan fingerprint density at radius 1 is 1.13 bits per heavy atom. The van der Waals surface area contributed by atoms with Gasteiger partial charge in [0.2, 0.25) is 5.91 Å². The van der Waals surface area contributed by atoms with Gasteiger partial charge in [-0.05, 0) is 55.4 Å². The summed E-state index contributed by atoms with van der Waals surface area (Å²) >= 11 is 0. The van der Waals surface area contributed by atoms with Crippen LogP contribution in [0.2, 0.25) is 0 Å². The Morgan fingerprint density at radius 2 is 1.87 bits per heavy atom. The van der Waals surface area contributed by atoms with E-state index in [0.717, 1.165) is 30.7 Å². The van der Waals surface area contributed by atoms with Crippen LogP contribution in [0.1, 0.15) is 36.0 Å². The number of hydrogen-bond donors (Lipinski definition) is 3. The van der Waals surface area contributed by atoms with Crippen molar-refractivity contribution in [3.05, 3.63) is 60.2 Å². The number of fused-ring (bicyclic) bond motifs is 2. The third-order valence-corrected chi connectivity index (χ3v) is 9.75. The van der Waals surface area contributed by atoms with Crippen molar-refractivity contribution >= 4 is 33.3 Å². The lowest BCUT2D eigenvalue weighted by Crippen LogP contribution is -2.48. The van der Waals surface area contributed by atoms with Crippen molar-refractivity contribution in [2.24, 2.45) is 17.8 Å². The Hall–Kier alpha value is -4.47. The van der Waals surface area contributed by atoms with Crippen molar-refractivity contribution in [3.63, 3.8) is 0 Å². The number of aromatic nitrogens is 2. The molecule has 45 heavy (non-hydrogen) atoms. The van der Waals surface area contributed by atoms with Gasteiger partial charge in [0.25, 0.3) is 15.7 Å². The minimum atomic E-state index is -5.63. The fourth-order valence-electron chi connectivity index (χ4n) is 6.16. The number of methoxy groups -OCH3 is 1. The molecule has 4 unspecified atom stereocenters. The summed E-state index contributed by atoms with van der Waals surface area (Å²) in [5.41, 5.74) is -5.39. The molecule has 2 aromatic carbocycles. The monoisotopic (exact) mass is 652 g/mol. The van der Waals surface area contributed by atoms with Gasteiger partial charge in [0.15, 0.2) is 0 Å². The topological polar surface area (TPSA) is 157 Å². The summed E-state index contributed by atoms with van der Waals surface area (Å²) in [6, 6.07) is 5.50. The molecule has 2 aliphatic rings. The number of carboxylic acids is 1. The first-order valence-electron chi connectivity index (χ1n) is 13.8. The summed E-state index contributed by atoms with van der Waals surface area (Å²) in [6.07, 6.45) is 4.61. The average molecular weight is 653 g/mol. The van der Waals surface area contributed by atoms with Crippen LogP contribution in [-0.2, 0) is 26.0 Å². The van der Waals surface area contributed by atoms with Crippen LogP contribution in [0.3, 0.4) is 0 Å². The molecule has 3 N–H and O–H groups in total. The third kappa shape index (κ3) is 6.36. The highest BCUT2D eigenvalue weighted by Gasteiger charge is 2.52. The molecule has 1 heterocycles. The van der Waals surface area contributed by atoms with Crippen LogP contribution >= 0.6 is 0 Å². The molecule has 16 heteroatoms. The number of alkyl halides is 3. The van der Waals surface area contributed by atoms with E-state index in [9.17, 15) is 36.0 Å². The summed E-state index contributed by atoms with van der Waals surface area (Å²) in [5.74, 6) is -4.04. The second-order valence-electron chi connectivity index (χ2n) is 11.0. The molecule has 0 radical (unpaired) electrons. The minimum absolute atomic E-state index is 0.0125. The molecule has 4 atom stereocenters. The molecule has 3 aromatic rings. The average Bonchev–Trinajstić information content (AvgIpc) is 3.72. The lowest BCUT2D eigenvalue weighted by atomic mass is 9.83. The van der Waals surface area contributed by atoms with Gasteiger partial charge in [-0.2, -0.15) is 18.3 Å². The molecule has 0 spiro atoms. The van der Waals surface area contributed by atoms with Gasteiger partial charge in [-0.15, -0.1) is 0 Å². The third-order valence-electron chi connectivity index (χ3n) is 8.27. The van der Waals surface area contributed by atoms with Gasteiger partial charge < -0.3 is 20.5 Å². The summed E-state index contributed by atoms with van der Waals surface area (Å²) in [6.45, 7) is 0.0522. The highest BCUT2D eigenvalue weighted by molar-refractivity contribution is 7.92. The molecule has 0 aliphatic heterocycles. The predicted octanol–water partition coefficient (Wildman–Crippen LogP) is 4.25. The maximum Gasteiger partial charge on any atom is 0.501 e. The van der Waals surface area contributed by atoms with Crippen molar-refractivity contribution in [2.45, 2.75) is 48.7 Å². The van der Waals surface area contributed by atoms with E-state index in [-0.39, 0.29) is 47.4 Å². The number of carbonyl (C=O) groups is 3. The first-order chi connectivity index (χ1) is 21.2. The Kier molecular flexibility index (Phi) is 8.62. The molecule has 2 amide bonds. The second-order valence-corrected chi connectivity index (χ2v) is 12.9. The number of hydrogen-bond acceptors (Lipinski definition) is 7. The number of nitrogens with zero attached hydrogens (tertiary/aromatic N) is 2. The van der Waals surface area contributed by atoms with E-state index in [1.807, 2.05) is 0 Å². The van der Waals surface area contributed by atoms with E-state index in [1.54, 1.807) is 0 Å². The van der Waals surface area contributed by atoms with Crippen LogP contribution < -0.4 is 15.4 Å². The van der Waals surface area contributed by atoms with Gasteiger partial charge in [0.05, 0.1) is 42.6 Å². The highest BCUT2D eigenvalue weighted by Crippen LogP contribution is 2.49. The van der Waals surface area contributed by atoms with E-state index >= 15 is 4.39 Å². The van der Waals surface area contributed by atoms with Crippen LogP contribution in [0, 0.1) is 23.6 Å². The largest absolute Gasteiger partial charge is 0.501 e. The van der Waals surface area contributed by atoms with Crippen molar-refractivity contribution in [3.8, 4) is 16.9 Å². The van der Waals surface area contributed by atoms with E-state index in [2.05, 4.69) is 15.7 Å². The van der Waals surface area contributed by atoms with Crippen LogP contribution in [0.5, 0.6) is 5.75 Å². The number of aliphatic carboxylic acids is 1. The number of anilines is 1. The van der Waals surface area contributed by atoms with Crippen molar-refractivity contribution < 1.29 is 50.2 Å². The van der Waals surface area contributed by atoms with Gasteiger partial charge in [-0.25, -0.2) is 12.8 Å². The minimum Gasteiger partial charge on any atom is -0.496 e. The van der Waals surface area contributed by atoms with Gasteiger partial charge in [-0.3, -0.25) is 19.1 Å². The number of amides is 2. The van der Waals surface area contributed by atoms with Crippen LogP contribution in [-0.4, -0.2) is 59.7 Å². The number of rotatable bonds is 10. The molecule has 2 saturated carbocycles. The maximum absolute atomic E-state index is 15.1. The summed E-state index contributed by atoms with van der Waals surface area (Å²) in [5, 5.41) is 18.3. The highest BCUT2D eigenvalue weighted by atomic mass is 32.2. The number of ether oxygens (including phenoxy) is 1. The quantitative estimate of drug-likeness (QED) is 0.275. The van der Waals surface area contributed by atoms with Crippen LogP contribution in [0.15, 0.2) is 53.7 Å². The van der Waals surface area contributed by atoms with E-state index in [1.165, 1.54) is 36.3 Å². The number of carboxylic acid groups (broad SMARTS) is 1. The smallest absolute Gasteiger partial charge is 0.496 e. The molecule has 0 saturated heterocycles. The number of carbonyl (C=O) groups excluding carboxylic acids is 2. The number of aryl methyl sites for hydroxylation is 1. The molecule has 2 fully saturated rings. The zero-order valence-electron chi connectivity index (χ0n) is 23.7. The summed E-state index contributed by atoms with van der Waals surface area (Å²) < 4.78 is 84.6.